The molecule has 0 atom stereocenters. The van der Waals surface area contributed by atoms with Gasteiger partial charge in [0.15, 0.2) is 0 Å². The van der Waals surface area contributed by atoms with E-state index in [9.17, 15) is 18.5 Å². The van der Waals surface area contributed by atoms with Crippen LogP contribution in [0.1, 0.15) is 0 Å². The quantitative estimate of drug-likeness (QED) is 0.360. The van der Waals surface area contributed by atoms with Gasteiger partial charge in [-0.1, -0.05) is 0 Å². The molecule has 0 aliphatic rings. The summed E-state index contributed by atoms with van der Waals surface area (Å²) in [5, 5.41) is 10.5. The van der Waals surface area contributed by atoms with Crippen molar-refractivity contribution in [1.29, 1.82) is 0 Å². The first-order chi connectivity index (χ1) is 6.79. The minimum Gasteiger partial charge on any atom is -0.382 e. The third kappa shape index (κ3) is 3.63. The summed E-state index contributed by atoms with van der Waals surface area (Å²) >= 11 is 1.78. The monoisotopic (exact) mass is 343 g/mol. The summed E-state index contributed by atoms with van der Waals surface area (Å²) in [4.78, 5) is 9.94. The van der Waals surface area contributed by atoms with Crippen LogP contribution in [0, 0.1) is 13.7 Å². The largest absolute Gasteiger partial charge is 0.382 e. The number of hydrogen-bond acceptors (Lipinski definition) is 5. The van der Waals surface area contributed by atoms with E-state index in [1.165, 1.54) is 12.1 Å². The van der Waals surface area contributed by atoms with Crippen molar-refractivity contribution in [3.8, 4) is 5.75 Å². The lowest BCUT2D eigenvalue weighted by atomic mass is 10.3. The van der Waals surface area contributed by atoms with Gasteiger partial charge in [0.25, 0.3) is 5.69 Å². The van der Waals surface area contributed by atoms with E-state index in [-0.39, 0.29) is 11.4 Å². The Labute approximate surface area is 99.7 Å². The molecule has 0 amide bonds. The predicted molar refractivity (Wildman–Crippen MR) is 61.3 cm³/mol. The van der Waals surface area contributed by atoms with Crippen molar-refractivity contribution in [3.63, 3.8) is 0 Å². The highest BCUT2D eigenvalue weighted by molar-refractivity contribution is 14.1. The van der Waals surface area contributed by atoms with Crippen LogP contribution in [-0.2, 0) is 10.1 Å². The summed E-state index contributed by atoms with van der Waals surface area (Å²) in [6.07, 6.45) is 0.872. The van der Waals surface area contributed by atoms with Crippen molar-refractivity contribution < 1.29 is 17.5 Å². The van der Waals surface area contributed by atoms with Gasteiger partial charge in [0, 0.05) is 0 Å². The van der Waals surface area contributed by atoms with Crippen molar-refractivity contribution in [2.24, 2.45) is 0 Å². The maximum atomic E-state index is 10.8. The predicted octanol–water partition coefficient (Wildman–Crippen LogP) is 1.54. The zero-order chi connectivity index (χ0) is 11.6. The highest BCUT2D eigenvalue weighted by atomic mass is 127. The van der Waals surface area contributed by atoms with Gasteiger partial charge in [0.2, 0.25) is 0 Å². The van der Waals surface area contributed by atoms with Crippen LogP contribution < -0.4 is 4.18 Å². The number of nitro benzene ring substituents is 1. The molecule has 1 aromatic carbocycles. The number of hydrogen-bond donors (Lipinski definition) is 0. The fraction of sp³-hybridized carbons (Fsp3) is 0.143. The molecule has 15 heavy (non-hydrogen) atoms. The Balaban J connectivity index is 3.14. The number of nitro groups is 1. The lowest BCUT2D eigenvalue weighted by molar-refractivity contribution is -0.385. The standard InChI is InChI=1S/C7H6INO5S/c1-15(12,13)14-5-2-3-6(8)7(4-5)9(10)11/h2-4H,1H3. The third-order valence-electron chi connectivity index (χ3n) is 1.36. The fourth-order valence-corrected chi connectivity index (χ4v) is 1.84. The minimum absolute atomic E-state index is 0.0652. The molecule has 0 fully saturated rings. The molecule has 82 valence electrons. The molecule has 0 radical (unpaired) electrons. The van der Waals surface area contributed by atoms with Gasteiger partial charge in [-0.3, -0.25) is 10.1 Å². The zero-order valence-electron chi connectivity index (χ0n) is 7.51. The molecule has 1 aromatic rings. The average Bonchev–Trinajstić information content (AvgIpc) is 2.05. The first kappa shape index (κ1) is 12.2. The molecular formula is C7H6INO5S. The van der Waals surface area contributed by atoms with Crippen molar-refractivity contribution in [2.75, 3.05) is 6.26 Å². The maximum absolute atomic E-state index is 10.8. The second-order valence-corrected chi connectivity index (χ2v) is 5.39. The molecule has 0 saturated carbocycles. The van der Waals surface area contributed by atoms with E-state index in [4.69, 9.17) is 0 Å². The lowest BCUT2D eigenvalue weighted by Gasteiger charge is -2.02. The number of rotatable bonds is 3. The van der Waals surface area contributed by atoms with Gasteiger partial charge >= 0.3 is 10.1 Å². The molecule has 6 nitrogen and oxygen atoms in total. The van der Waals surface area contributed by atoms with Crippen LogP contribution in [0.3, 0.4) is 0 Å². The minimum atomic E-state index is -3.66. The number of halogens is 1. The summed E-state index contributed by atoms with van der Waals surface area (Å²) in [7, 11) is -3.66. The Bertz CT molecular complexity index is 498. The number of benzene rings is 1. The Morgan fingerprint density at radius 1 is 1.47 bits per heavy atom. The van der Waals surface area contributed by atoms with E-state index in [1.807, 2.05) is 0 Å². The molecule has 0 aliphatic carbocycles. The Morgan fingerprint density at radius 2 is 2.07 bits per heavy atom. The summed E-state index contributed by atoms with van der Waals surface area (Å²) in [6, 6.07) is 3.85. The SMILES string of the molecule is CS(=O)(=O)Oc1ccc(I)c([N+](=O)[O-])c1. The van der Waals surface area contributed by atoms with Gasteiger partial charge < -0.3 is 4.18 Å². The molecule has 0 unspecified atom stereocenters. The van der Waals surface area contributed by atoms with Crippen LogP contribution in [0.15, 0.2) is 18.2 Å². The molecule has 0 bridgehead atoms. The first-order valence-corrected chi connectivity index (χ1v) is 6.52. The van der Waals surface area contributed by atoms with Gasteiger partial charge in [-0.15, -0.1) is 0 Å². The molecule has 8 heteroatoms. The van der Waals surface area contributed by atoms with Gasteiger partial charge in [-0.05, 0) is 34.7 Å². The summed E-state index contributed by atoms with van der Waals surface area (Å²) in [5.41, 5.74) is -0.184. The average molecular weight is 343 g/mol. The zero-order valence-corrected chi connectivity index (χ0v) is 10.5. The normalized spacial score (nSPS) is 11.1. The highest BCUT2D eigenvalue weighted by Crippen LogP contribution is 2.26. The highest BCUT2D eigenvalue weighted by Gasteiger charge is 2.14. The smallest absolute Gasteiger partial charge is 0.306 e. The van der Waals surface area contributed by atoms with Crippen molar-refractivity contribution in [3.05, 3.63) is 31.9 Å². The molecular weight excluding hydrogens is 337 g/mol. The Hall–Kier alpha value is -0.900. The summed E-state index contributed by atoms with van der Waals surface area (Å²) in [5.74, 6) is -0.0652. The van der Waals surface area contributed by atoms with Crippen LogP contribution in [0.5, 0.6) is 5.75 Å². The van der Waals surface area contributed by atoms with Crippen LogP contribution >= 0.6 is 22.6 Å². The van der Waals surface area contributed by atoms with Gasteiger partial charge in [-0.25, -0.2) is 0 Å². The second kappa shape index (κ2) is 4.31. The molecule has 0 saturated heterocycles. The van der Waals surface area contributed by atoms with Gasteiger partial charge in [0.1, 0.15) is 5.75 Å². The summed E-state index contributed by atoms with van der Waals surface area (Å²) < 4.78 is 26.5. The Kier molecular flexibility index (Phi) is 3.50. The van der Waals surface area contributed by atoms with Crippen LogP contribution in [-0.4, -0.2) is 19.6 Å². The van der Waals surface area contributed by atoms with Gasteiger partial charge in [0.05, 0.1) is 20.8 Å². The molecule has 0 aromatic heterocycles. The van der Waals surface area contributed by atoms with Crippen molar-refractivity contribution >= 4 is 38.4 Å². The van der Waals surface area contributed by atoms with Gasteiger partial charge in [-0.2, -0.15) is 8.42 Å². The number of nitrogens with zero attached hydrogens (tertiary/aromatic N) is 1. The lowest BCUT2D eigenvalue weighted by Crippen LogP contribution is -2.06. The molecule has 0 heterocycles. The Morgan fingerprint density at radius 3 is 2.53 bits per heavy atom. The molecule has 0 aliphatic heterocycles. The van der Waals surface area contributed by atoms with Crippen LogP contribution in [0.2, 0.25) is 0 Å². The fourth-order valence-electron chi connectivity index (χ4n) is 0.859. The topological polar surface area (TPSA) is 86.5 Å². The molecule has 0 N–H and O–H groups in total. The maximum Gasteiger partial charge on any atom is 0.306 e. The van der Waals surface area contributed by atoms with Crippen LogP contribution in [0.25, 0.3) is 0 Å². The van der Waals surface area contributed by atoms with E-state index < -0.39 is 15.0 Å². The van der Waals surface area contributed by atoms with E-state index >= 15 is 0 Å². The van der Waals surface area contributed by atoms with E-state index in [0.29, 0.717) is 3.57 Å². The van der Waals surface area contributed by atoms with E-state index in [2.05, 4.69) is 4.18 Å². The van der Waals surface area contributed by atoms with Crippen molar-refractivity contribution in [2.45, 2.75) is 0 Å². The van der Waals surface area contributed by atoms with Crippen molar-refractivity contribution in [1.82, 2.24) is 0 Å². The van der Waals surface area contributed by atoms with E-state index in [1.54, 1.807) is 22.6 Å². The van der Waals surface area contributed by atoms with Crippen LogP contribution in [0.4, 0.5) is 5.69 Å². The van der Waals surface area contributed by atoms with E-state index in [0.717, 1.165) is 12.3 Å². The first-order valence-electron chi connectivity index (χ1n) is 3.63. The molecule has 1 rings (SSSR count). The summed E-state index contributed by atoms with van der Waals surface area (Å²) in [6.45, 7) is 0. The third-order valence-corrected chi connectivity index (χ3v) is 2.77. The molecule has 0 spiro atoms. The second-order valence-electron chi connectivity index (χ2n) is 2.66.